The summed E-state index contributed by atoms with van der Waals surface area (Å²) in [6.07, 6.45) is 13.0. The second-order valence-electron chi connectivity index (χ2n) is 10.7. The predicted molar refractivity (Wildman–Crippen MR) is 115 cm³/mol. The lowest BCUT2D eigenvalue weighted by Crippen LogP contribution is -2.59. The zero-order valence-electron chi connectivity index (χ0n) is 18.8. The molecule has 1 N–H and O–H groups in total. The van der Waals surface area contributed by atoms with Gasteiger partial charge in [-0.3, -0.25) is 4.57 Å². The van der Waals surface area contributed by atoms with Gasteiger partial charge in [-0.1, -0.05) is 20.3 Å². The van der Waals surface area contributed by atoms with Crippen LogP contribution in [0.25, 0.3) is 0 Å². The first-order valence-corrected chi connectivity index (χ1v) is 14.4. The van der Waals surface area contributed by atoms with E-state index in [1.165, 1.54) is 32.1 Å². The molecule has 6 fully saturated rings. The summed E-state index contributed by atoms with van der Waals surface area (Å²) >= 11 is 0. The van der Waals surface area contributed by atoms with E-state index in [1.54, 1.807) is 0 Å². The minimum atomic E-state index is -2.84. The van der Waals surface area contributed by atoms with Crippen LogP contribution in [-0.2, 0) is 23.6 Å². The van der Waals surface area contributed by atoms with Crippen molar-refractivity contribution in [2.75, 3.05) is 12.7 Å². The summed E-state index contributed by atoms with van der Waals surface area (Å²) in [5.74, 6) is 1.39. The molecule has 2 spiro atoms. The second kappa shape index (κ2) is 8.43. The Balaban J connectivity index is 1.27. The number of hydrogen-bond donors (Lipinski definition) is 1. The van der Waals surface area contributed by atoms with Gasteiger partial charge in [0.15, 0.2) is 0 Å². The van der Waals surface area contributed by atoms with Gasteiger partial charge in [-0.05, 0) is 69.6 Å². The maximum Gasteiger partial charge on any atom is 0.270 e. The van der Waals surface area contributed by atoms with Gasteiger partial charge < -0.3 is 9.26 Å². The van der Waals surface area contributed by atoms with Crippen molar-refractivity contribution in [1.29, 1.82) is 0 Å². The highest BCUT2D eigenvalue weighted by Crippen LogP contribution is 2.64. The molecule has 0 amide bonds. The summed E-state index contributed by atoms with van der Waals surface area (Å²) in [4.78, 5) is 12.2. The van der Waals surface area contributed by atoms with Crippen LogP contribution < -0.4 is 5.09 Å². The zero-order chi connectivity index (χ0) is 20.8. The highest BCUT2D eigenvalue weighted by Gasteiger charge is 2.67. The minimum Gasteiger partial charge on any atom is -0.314 e. The molecule has 5 aliphatic carbocycles. The lowest BCUT2D eigenvalue weighted by molar-refractivity contribution is -0.390. The number of unbranched alkanes of at least 4 members (excludes halogenated alkanes) is 1. The van der Waals surface area contributed by atoms with Crippen molar-refractivity contribution in [3.8, 4) is 0 Å². The fourth-order valence-corrected chi connectivity index (χ4v) is 9.37. The van der Waals surface area contributed by atoms with Crippen LogP contribution in [0.2, 0.25) is 0 Å². The van der Waals surface area contributed by atoms with Crippen LogP contribution >= 0.6 is 7.52 Å². The maximum absolute atomic E-state index is 13.5. The van der Waals surface area contributed by atoms with Crippen LogP contribution in [0.1, 0.15) is 90.9 Å². The molecule has 0 aromatic carbocycles. The van der Waals surface area contributed by atoms with Gasteiger partial charge in [0.2, 0.25) is 11.6 Å². The van der Waals surface area contributed by atoms with Gasteiger partial charge in [0.1, 0.15) is 0 Å². The van der Waals surface area contributed by atoms with Gasteiger partial charge in [0.25, 0.3) is 7.52 Å². The fourth-order valence-electron chi connectivity index (χ4n) is 7.08. The van der Waals surface area contributed by atoms with Crippen molar-refractivity contribution in [3.05, 3.63) is 0 Å². The van der Waals surface area contributed by atoms with Crippen molar-refractivity contribution >= 4 is 7.52 Å². The highest BCUT2D eigenvalue weighted by atomic mass is 31.2. The molecule has 7 heteroatoms. The van der Waals surface area contributed by atoms with Gasteiger partial charge in [-0.15, -0.1) is 0 Å². The van der Waals surface area contributed by atoms with Crippen molar-refractivity contribution in [2.24, 2.45) is 23.7 Å². The molecule has 6 aliphatic rings. The lowest BCUT2D eigenvalue weighted by Gasteiger charge is -2.57. The number of nitrogens with one attached hydrogen (secondary N) is 1. The standard InChI is InChI=1S/C23H40NO5P/c1-3-5-10-30(25,24-9-4-2)26-21-7-6-8-22(16-21)27-23(29-28-22)19-12-17-11-18(14-19)15-20(23)13-17/h17-21H,3-16H2,1-2H3,(H,24,25)/t17?,18?,19?,20?,21?,22-,23?,30?/m1/s1. The monoisotopic (exact) mass is 441 g/mol. The average molecular weight is 442 g/mol. The Hall–Kier alpha value is 0.0300. The van der Waals surface area contributed by atoms with Crippen LogP contribution in [0.15, 0.2) is 0 Å². The Morgan fingerprint density at radius 2 is 1.77 bits per heavy atom. The Morgan fingerprint density at radius 3 is 2.43 bits per heavy atom. The lowest BCUT2D eigenvalue weighted by atomic mass is 9.53. The van der Waals surface area contributed by atoms with E-state index in [0.29, 0.717) is 24.4 Å². The molecule has 1 aliphatic heterocycles. The molecular formula is C23H40NO5P. The zero-order valence-corrected chi connectivity index (χ0v) is 19.7. The highest BCUT2D eigenvalue weighted by molar-refractivity contribution is 7.56. The number of ether oxygens (including phenoxy) is 1. The van der Waals surface area contributed by atoms with Crippen LogP contribution in [0.3, 0.4) is 0 Å². The fraction of sp³-hybridized carbons (Fsp3) is 1.00. The van der Waals surface area contributed by atoms with E-state index in [4.69, 9.17) is 19.0 Å². The van der Waals surface area contributed by atoms with Crippen molar-refractivity contribution in [2.45, 2.75) is 109 Å². The summed E-state index contributed by atoms with van der Waals surface area (Å²) in [5, 5.41) is 3.23. The molecule has 0 aromatic heterocycles. The Morgan fingerprint density at radius 1 is 1.03 bits per heavy atom. The molecule has 30 heavy (non-hydrogen) atoms. The first-order valence-electron chi connectivity index (χ1n) is 12.6. The molecule has 6 rings (SSSR count). The molecule has 1 saturated heterocycles. The first-order chi connectivity index (χ1) is 14.5. The van der Waals surface area contributed by atoms with Crippen LogP contribution in [0, 0.1) is 23.7 Å². The van der Waals surface area contributed by atoms with Crippen molar-refractivity contribution < 1.29 is 23.6 Å². The van der Waals surface area contributed by atoms with Gasteiger partial charge in [-0.2, -0.15) is 9.78 Å². The first kappa shape index (κ1) is 21.9. The predicted octanol–water partition coefficient (Wildman–Crippen LogP) is 5.77. The Kier molecular flexibility index (Phi) is 6.14. The third kappa shape index (κ3) is 3.95. The average Bonchev–Trinajstić information content (AvgIpc) is 3.08. The summed E-state index contributed by atoms with van der Waals surface area (Å²) in [7, 11) is -2.84. The second-order valence-corrected chi connectivity index (χ2v) is 13.0. The summed E-state index contributed by atoms with van der Waals surface area (Å²) < 4.78 is 26.6. The van der Waals surface area contributed by atoms with E-state index in [0.717, 1.165) is 56.9 Å². The molecule has 172 valence electrons. The quantitative estimate of drug-likeness (QED) is 0.381. The topological polar surface area (TPSA) is 66.0 Å². The summed E-state index contributed by atoms with van der Waals surface area (Å²) in [6.45, 7) is 4.94. The third-order valence-corrected chi connectivity index (χ3v) is 10.5. The Labute approximate surface area is 181 Å². The molecule has 2 unspecified atom stereocenters. The normalized spacial score (nSPS) is 46.7. The van der Waals surface area contributed by atoms with Crippen LogP contribution in [0.4, 0.5) is 0 Å². The molecule has 1 heterocycles. The SMILES string of the molecule is CCCCP(=O)(NCCC)OC1CCC[C@]2(C1)OOC1(O2)C2CC3CC(C2)CC1C3. The Bertz CT molecular complexity index is 632. The maximum atomic E-state index is 13.5. The summed E-state index contributed by atoms with van der Waals surface area (Å²) in [6, 6.07) is 0. The molecule has 3 atom stereocenters. The van der Waals surface area contributed by atoms with E-state index >= 15 is 0 Å². The van der Waals surface area contributed by atoms with E-state index in [1.807, 2.05) is 0 Å². The van der Waals surface area contributed by atoms with Crippen molar-refractivity contribution in [3.63, 3.8) is 0 Å². The van der Waals surface area contributed by atoms with E-state index in [-0.39, 0.29) is 6.10 Å². The smallest absolute Gasteiger partial charge is 0.270 e. The molecule has 0 aromatic rings. The van der Waals surface area contributed by atoms with E-state index in [9.17, 15) is 4.57 Å². The molecule has 4 bridgehead atoms. The number of hydrogen-bond acceptors (Lipinski definition) is 5. The summed E-state index contributed by atoms with van der Waals surface area (Å²) in [5.41, 5.74) is 0. The van der Waals surface area contributed by atoms with Crippen molar-refractivity contribution in [1.82, 2.24) is 5.09 Å². The molecular weight excluding hydrogens is 401 g/mol. The van der Waals surface area contributed by atoms with Gasteiger partial charge in [-0.25, -0.2) is 5.09 Å². The van der Waals surface area contributed by atoms with Crippen LogP contribution in [-0.4, -0.2) is 30.4 Å². The minimum absolute atomic E-state index is 0.110. The van der Waals surface area contributed by atoms with E-state index < -0.39 is 19.1 Å². The molecule has 5 saturated carbocycles. The third-order valence-electron chi connectivity index (χ3n) is 8.30. The van der Waals surface area contributed by atoms with E-state index in [2.05, 4.69) is 18.9 Å². The largest absolute Gasteiger partial charge is 0.314 e. The molecule has 0 radical (unpaired) electrons. The molecule has 6 nitrogen and oxygen atoms in total. The van der Waals surface area contributed by atoms with Gasteiger partial charge in [0, 0.05) is 37.4 Å². The van der Waals surface area contributed by atoms with Gasteiger partial charge >= 0.3 is 0 Å². The van der Waals surface area contributed by atoms with Gasteiger partial charge in [0.05, 0.1) is 6.10 Å². The van der Waals surface area contributed by atoms with Crippen LogP contribution in [0.5, 0.6) is 0 Å². The number of rotatable bonds is 8.